The van der Waals surface area contributed by atoms with Crippen LogP contribution in [0.1, 0.15) is 46.5 Å². The Hall–Kier alpha value is -2.16. The van der Waals surface area contributed by atoms with Gasteiger partial charge in [-0.15, -0.1) is 0 Å². The molecule has 0 aromatic rings. The number of hydrogen-bond acceptors (Lipinski definition) is 5. The lowest BCUT2D eigenvalue weighted by atomic mass is 10.0. The molecule has 2 aliphatic heterocycles. The summed E-state index contributed by atoms with van der Waals surface area (Å²) in [6, 6.07) is -2.76. The third-order valence-electron chi connectivity index (χ3n) is 5.18. The van der Waals surface area contributed by atoms with Crippen molar-refractivity contribution in [1.82, 2.24) is 20.9 Å². The Labute approximate surface area is 159 Å². The summed E-state index contributed by atoms with van der Waals surface area (Å²) in [6.07, 6.45) is 2.70. The lowest BCUT2D eigenvalue weighted by Gasteiger charge is -2.30. The number of carbonyl (C=O) groups excluding carboxylic acids is 3. The Morgan fingerprint density at radius 3 is 2.33 bits per heavy atom. The molecule has 0 aromatic carbocycles. The van der Waals surface area contributed by atoms with Gasteiger partial charge in [-0.2, -0.15) is 0 Å². The highest BCUT2D eigenvalue weighted by atomic mass is 16.4. The summed E-state index contributed by atoms with van der Waals surface area (Å²) in [5.41, 5.74) is 0. The van der Waals surface area contributed by atoms with Crippen molar-refractivity contribution in [1.29, 1.82) is 0 Å². The van der Waals surface area contributed by atoms with E-state index in [1.54, 1.807) is 20.8 Å². The molecular formula is C18H30N4O5. The van der Waals surface area contributed by atoms with Gasteiger partial charge in [0.1, 0.15) is 18.1 Å². The zero-order valence-corrected chi connectivity index (χ0v) is 16.2. The van der Waals surface area contributed by atoms with E-state index in [-0.39, 0.29) is 23.8 Å². The molecule has 9 heteroatoms. The Kier molecular flexibility index (Phi) is 7.18. The van der Waals surface area contributed by atoms with E-state index in [2.05, 4.69) is 16.0 Å². The van der Waals surface area contributed by atoms with E-state index in [0.29, 0.717) is 19.4 Å². The molecule has 0 saturated carbocycles. The normalized spacial score (nSPS) is 24.5. The number of nitrogens with zero attached hydrogens (tertiary/aromatic N) is 1. The first-order valence-corrected chi connectivity index (χ1v) is 9.59. The summed E-state index contributed by atoms with van der Waals surface area (Å²) in [6.45, 7) is 6.30. The van der Waals surface area contributed by atoms with Crippen molar-refractivity contribution in [2.45, 2.75) is 70.6 Å². The van der Waals surface area contributed by atoms with Gasteiger partial charge >= 0.3 is 5.97 Å². The molecule has 4 N–H and O–H groups in total. The summed E-state index contributed by atoms with van der Waals surface area (Å²) in [7, 11) is 0. The standard InChI is InChI=1S/C18H30N4O5/c1-10(2)14(17(25)22-9-5-7-13(22)18(26)27)21-15(23)11(3)20-16(24)12-6-4-8-19-12/h10-14,19H,4-9H2,1-3H3,(H,20,24)(H,21,23)(H,26,27). The predicted molar refractivity (Wildman–Crippen MR) is 97.8 cm³/mol. The van der Waals surface area contributed by atoms with Crippen molar-refractivity contribution in [2.75, 3.05) is 13.1 Å². The molecule has 0 bridgehead atoms. The molecule has 2 aliphatic rings. The molecule has 2 heterocycles. The van der Waals surface area contributed by atoms with Crippen LogP contribution in [-0.2, 0) is 19.2 Å². The molecule has 2 saturated heterocycles. The van der Waals surface area contributed by atoms with Crippen LogP contribution in [0.2, 0.25) is 0 Å². The van der Waals surface area contributed by atoms with Gasteiger partial charge < -0.3 is 26.0 Å². The van der Waals surface area contributed by atoms with Gasteiger partial charge in [-0.05, 0) is 45.1 Å². The first kappa shape index (κ1) is 21.1. The third kappa shape index (κ3) is 5.18. The number of likely N-dealkylation sites (tertiary alicyclic amines) is 1. The van der Waals surface area contributed by atoms with Crippen LogP contribution in [0.3, 0.4) is 0 Å². The summed E-state index contributed by atoms with van der Waals surface area (Å²) >= 11 is 0. The highest BCUT2D eigenvalue weighted by molar-refractivity contribution is 5.94. The maximum Gasteiger partial charge on any atom is 0.326 e. The third-order valence-corrected chi connectivity index (χ3v) is 5.18. The number of nitrogens with one attached hydrogen (secondary N) is 3. The van der Waals surface area contributed by atoms with Gasteiger partial charge in [0.25, 0.3) is 0 Å². The molecule has 4 unspecified atom stereocenters. The van der Waals surface area contributed by atoms with Gasteiger partial charge in [0, 0.05) is 6.54 Å². The number of carboxylic acids is 1. The Bertz CT molecular complexity index is 588. The van der Waals surface area contributed by atoms with Crippen molar-refractivity contribution in [2.24, 2.45) is 5.92 Å². The summed E-state index contributed by atoms with van der Waals surface area (Å²) in [5, 5.41) is 17.7. The summed E-state index contributed by atoms with van der Waals surface area (Å²) < 4.78 is 0. The Balaban J connectivity index is 1.97. The molecule has 2 rings (SSSR count). The summed E-state index contributed by atoms with van der Waals surface area (Å²) in [4.78, 5) is 50.2. The molecule has 4 atom stereocenters. The molecule has 0 spiro atoms. The number of carbonyl (C=O) groups is 4. The van der Waals surface area contributed by atoms with Gasteiger partial charge in [-0.1, -0.05) is 13.8 Å². The number of aliphatic carboxylic acids is 1. The maximum absolute atomic E-state index is 12.8. The van der Waals surface area contributed by atoms with Crippen LogP contribution < -0.4 is 16.0 Å². The average molecular weight is 382 g/mol. The number of amides is 3. The topological polar surface area (TPSA) is 128 Å². The molecule has 0 radical (unpaired) electrons. The van der Waals surface area contributed by atoms with E-state index < -0.39 is 30.0 Å². The van der Waals surface area contributed by atoms with Gasteiger partial charge in [0.15, 0.2) is 0 Å². The molecular weight excluding hydrogens is 352 g/mol. The largest absolute Gasteiger partial charge is 0.480 e. The van der Waals surface area contributed by atoms with Crippen LogP contribution in [0.15, 0.2) is 0 Å². The SMILES string of the molecule is CC(NC(=O)C1CCCN1)C(=O)NC(C(=O)N1CCCC1C(=O)O)C(C)C. The lowest BCUT2D eigenvalue weighted by molar-refractivity contribution is -0.150. The van der Waals surface area contributed by atoms with Crippen LogP contribution >= 0.6 is 0 Å². The van der Waals surface area contributed by atoms with Crippen LogP contribution in [0.5, 0.6) is 0 Å². The first-order chi connectivity index (χ1) is 12.7. The fraction of sp³-hybridized carbons (Fsp3) is 0.778. The molecule has 9 nitrogen and oxygen atoms in total. The van der Waals surface area contributed by atoms with E-state index in [0.717, 1.165) is 19.4 Å². The van der Waals surface area contributed by atoms with Crippen molar-refractivity contribution in [3.8, 4) is 0 Å². The first-order valence-electron chi connectivity index (χ1n) is 9.59. The van der Waals surface area contributed by atoms with Crippen LogP contribution in [-0.4, -0.2) is 71.0 Å². The van der Waals surface area contributed by atoms with Crippen molar-refractivity contribution >= 4 is 23.7 Å². The highest BCUT2D eigenvalue weighted by Gasteiger charge is 2.39. The van der Waals surface area contributed by atoms with Gasteiger partial charge in [0.05, 0.1) is 6.04 Å². The molecule has 3 amide bonds. The molecule has 0 aromatic heterocycles. The fourth-order valence-electron chi connectivity index (χ4n) is 3.55. The molecule has 27 heavy (non-hydrogen) atoms. The minimum absolute atomic E-state index is 0.212. The zero-order chi connectivity index (χ0) is 20.1. The van der Waals surface area contributed by atoms with E-state index in [1.165, 1.54) is 4.90 Å². The summed E-state index contributed by atoms with van der Waals surface area (Å²) in [5.74, 6) is -2.32. The average Bonchev–Trinajstić information content (AvgIpc) is 3.29. The van der Waals surface area contributed by atoms with E-state index in [1.807, 2.05) is 0 Å². The monoisotopic (exact) mass is 382 g/mol. The van der Waals surface area contributed by atoms with Crippen molar-refractivity contribution < 1.29 is 24.3 Å². The van der Waals surface area contributed by atoms with Crippen LogP contribution in [0, 0.1) is 5.92 Å². The van der Waals surface area contributed by atoms with E-state index in [4.69, 9.17) is 0 Å². The highest BCUT2D eigenvalue weighted by Crippen LogP contribution is 2.20. The van der Waals surface area contributed by atoms with Gasteiger partial charge in [0.2, 0.25) is 17.7 Å². The zero-order valence-electron chi connectivity index (χ0n) is 16.2. The van der Waals surface area contributed by atoms with Crippen molar-refractivity contribution in [3.63, 3.8) is 0 Å². The van der Waals surface area contributed by atoms with Crippen LogP contribution in [0.4, 0.5) is 0 Å². The van der Waals surface area contributed by atoms with E-state index >= 15 is 0 Å². The van der Waals surface area contributed by atoms with Gasteiger partial charge in [-0.25, -0.2) is 4.79 Å². The number of carboxylic acid groups (broad SMARTS) is 1. The second-order valence-electron chi connectivity index (χ2n) is 7.64. The number of hydrogen-bond donors (Lipinski definition) is 4. The van der Waals surface area contributed by atoms with E-state index in [9.17, 15) is 24.3 Å². The van der Waals surface area contributed by atoms with Crippen LogP contribution in [0.25, 0.3) is 0 Å². The smallest absolute Gasteiger partial charge is 0.326 e. The Morgan fingerprint density at radius 1 is 1.07 bits per heavy atom. The number of rotatable bonds is 7. The second-order valence-corrected chi connectivity index (χ2v) is 7.64. The molecule has 0 aliphatic carbocycles. The minimum atomic E-state index is -1.03. The predicted octanol–water partition coefficient (Wildman–Crippen LogP) is -0.540. The molecule has 2 fully saturated rings. The Morgan fingerprint density at radius 2 is 1.78 bits per heavy atom. The molecule has 152 valence electrons. The lowest BCUT2D eigenvalue weighted by Crippen LogP contribution is -2.57. The van der Waals surface area contributed by atoms with Gasteiger partial charge in [-0.3, -0.25) is 14.4 Å². The fourth-order valence-corrected chi connectivity index (χ4v) is 3.55. The second kappa shape index (κ2) is 9.16. The quantitative estimate of drug-likeness (QED) is 0.468. The van der Waals surface area contributed by atoms with Crippen molar-refractivity contribution in [3.05, 3.63) is 0 Å². The minimum Gasteiger partial charge on any atom is -0.480 e. The maximum atomic E-state index is 12.8.